The van der Waals surface area contributed by atoms with Crippen molar-refractivity contribution in [2.24, 2.45) is 4.99 Å². The van der Waals surface area contributed by atoms with Crippen molar-refractivity contribution in [1.29, 1.82) is 0 Å². The van der Waals surface area contributed by atoms with Crippen LogP contribution in [0.2, 0.25) is 0 Å². The fraction of sp³-hybridized carbons (Fsp3) is 0.588. The van der Waals surface area contributed by atoms with Crippen LogP contribution in [0.25, 0.3) is 0 Å². The highest BCUT2D eigenvalue weighted by molar-refractivity contribution is 7.89. The molecule has 0 saturated heterocycles. The lowest BCUT2D eigenvalue weighted by Crippen LogP contribution is -2.41. The van der Waals surface area contributed by atoms with Crippen molar-refractivity contribution in [2.75, 3.05) is 45.6 Å². The lowest BCUT2D eigenvalue weighted by molar-refractivity contribution is 0.281. The predicted molar refractivity (Wildman–Crippen MR) is 103 cm³/mol. The minimum absolute atomic E-state index is 0.100. The number of rotatable bonds is 11. The molecule has 0 amide bonds. The zero-order chi connectivity index (χ0) is 18.5. The highest BCUT2D eigenvalue weighted by atomic mass is 32.2. The molecule has 0 aromatic heterocycles. The van der Waals surface area contributed by atoms with E-state index in [9.17, 15) is 8.42 Å². The molecular weight excluding hydrogens is 340 g/mol. The Hall–Kier alpha value is -1.80. The number of hydrogen-bond donors (Lipinski definition) is 2. The number of benzene rings is 1. The molecule has 0 aliphatic rings. The Morgan fingerprint density at radius 3 is 2.60 bits per heavy atom. The van der Waals surface area contributed by atoms with E-state index in [0.29, 0.717) is 32.7 Å². The van der Waals surface area contributed by atoms with Gasteiger partial charge in [0.25, 0.3) is 0 Å². The zero-order valence-corrected chi connectivity index (χ0v) is 16.2. The van der Waals surface area contributed by atoms with Crippen LogP contribution in [-0.2, 0) is 10.0 Å². The SMILES string of the molecule is CCNC(=NCCCNS(=O)(=O)CC)N(C)CCOc1ccccc1. The molecule has 0 saturated carbocycles. The van der Waals surface area contributed by atoms with Crippen LogP contribution in [0.4, 0.5) is 0 Å². The fourth-order valence-electron chi connectivity index (χ4n) is 1.99. The second-order valence-corrected chi connectivity index (χ2v) is 7.57. The van der Waals surface area contributed by atoms with Gasteiger partial charge in [-0.1, -0.05) is 18.2 Å². The van der Waals surface area contributed by atoms with Gasteiger partial charge in [0, 0.05) is 26.7 Å². The van der Waals surface area contributed by atoms with Gasteiger partial charge in [0.15, 0.2) is 5.96 Å². The molecule has 0 aliphatic carbocycles. The minimum atomic E-state index is -3.13. The molecule has 142 valence electrons. The third kappa shape index (κ3) is 9.31. The molecule has 0 bridgehead atoms. The summed E-state index contributed by atoms with van der Waals surface area (Å²) < 4.78 is 31.0. The third-order valence-corrected chi connectivity index (χ3v) is 4.84. The van der Waals surface area contributed by atoms with E-state index in [-0.39, 0.29) is 5.75 Å². The number of aliphatic imine (C=N–C) groups is 1. The molecule has 1 rings (SSSR count). The van der Waals surface area contributed by atoms with Crippen LogP contribution in [0.3, 0.4) is 0 Å². The summed E-state index contributed by atoms with van der Waals surface area (Å²) in [6.45, 7) is 6.61. The van der Waals surface area contributed by atoms with E-state index in [0.717, 1.165) is 18.3 Å². The molecule has 1 aromatic carbocycles. The first-order valence-electron chi connectivity index (χ1n) is 8.63. The van der Waals surface area contributed by atoms with Crippen LogP contribution in [0.5, 0.6) is 5.75 Å². The highest BCUT2D eigenvalue weighted by Crippen LogP contribution is 2.07. The minimum Gasteiger partial charge on any atom is -0.492 e. The summed E-state index contributed by atoms with van der Waals surface area (Å²) in [5, 5.41) is 3.23. The molecule has 25 heavy (non-hydrogen) atoms. The summed E-state index contributed by atoms with van der Waals surface area (Å²) in [6.07, 6.45) is 0.655. The molecular formula is C17H30N4O3S. The highest BCUT2D eigenvalue weighted by Gasteiger charge is 2.07. The van der Waals surface area contributed by atoms with Crippen molar-refractivity contribution in [3.8, 4) is 5.75 Å². The van der Waals surface area contributed by atoms with Gasteiger partial charge in [0.2, 0.25) is 10.0 Å². The van der Waals surface area contributed by atoms with E-state index >= 15 is 0 Å². The summed E-state index contributed by atoms with van der Waals surface area (Å²) in [5.41, 5.74) is 0. The maximum Gasteiger partial charge on any atom is 0.211 e. The topological polar surface area (TPSA) is 83.0 Å². The average molecular weight is 371 g/mol. The van der Waals surface area contributed by atoms with Crippen molar-refractivity contribution in [3.05, 3.63) is 30.3 Å². The number of nitrogens with zero attached hydrogens (tertiary/aromatic N) is 2. The zero-order valence-electron chi connectivity index (χ0n) is 15.4. The van der Waals surface area contributed by atoms with Gasteiger partial charge >= 0.3 is 0 Å². The summed E-state index contributed by atoms with van der Waals surface area (Å²) in [7, 11) is -1.17. The Kier molecular flexibility index (Phi) is 9.94. The molecule has 0 atom stereocenters. The standard InChI is InChI=1S/C17H30N4O3S/c1-4-18-17(19-12-9-13-20-25(22,23)5-2)21(3)14-15-24-16-10-7-6-8-11-16/h6-8,10-11,20H,4-5,9,12-15H2,1-3H3,(H,18,19). The van der Waals surface area contributed by atoms with Gasteiger partial charge in [-0.2, -0.15) is 0 Å². The largest absolute Gasteiger partial charge is 0.492 e. The number of guanidine groups is 1. The molecule has 0 radical (unpaired) electrons. The van der Waals surface area contributed by atoms with Crippen LogP contribution in [0.15, 0.2) is 35.3 Å². The van der Waals surface area contributed by atoms with Crippen molar-refractivity contribution in [2.45, 2.75) is 20.3 Å². The Labute approximate surface area is 151 Å². The smallest absolute Gasteiger partial charge is 0.211 e. The molecule has 2 N–H and O–H groups in total. The number of sulfonamides is 1. The van der Waals surface area contributed by atoms with Gasteiger partial charge in [-0.3, -0.25) is 4.99 Å². The first kappa shape index (κ1) is 21.2. The fourth-order valence-corrected chi connectivity index (χ4v) is 2.65. The van der Waals surface area contributed by atoms with E-state index in [1.54, 1.807) is 6.92 Å². The third-order valence-electron chi connectivity index (χ3n) is 3.43. The molecule has 0 heterocycles. The van der Waals surface area contributed by atoms with E-state index in [1.807, 2.05) is 49.2 Å². The Bertz CT molecular complexity index is 606. The van der Waals surface area contributed by atoms with Gasteiger partial charge in [-0.25, -0.2) is 13.1 Å². The number of nitrogens with one attached hydrogen (secondary N) is 2. The number of ether oxygens (including phenoxy) is 1. The molecule has 7 nitrogen and oxygen atoms in total. The molecule has 1 aromatic rings. The number of likely N-dealkylation sites (N-methyl/N-ethyl adjacent to an activating group) is 1. The second kappa shape index (κ2) is 11.7. The van der Waals surface area contributed by atoms with Gasteiger partial charge in [0.05, 0.1) is 12.3 Å². The van der Waals surface area contributed by atoms with Crippen LogP contribution >= 0.6 is 0 Å². The van der Waals surface area contributed by atoms with E-state index < -0.39 is 10.0 Å². The van der Waals surface area contributed by atoms with Gasteiger partial charge in [-0.05, 0) is 32.4 Å². The quantitative estimate of drug-likeness (QED) is 0.348. The number of hydrogen-bond acceptors (Lipinski definition) is 4. The Morgan fingerprint density at radius 2 is 1.96 bits per heavy atom. The second-order valence-electron chi connectivity index (χ2n) is 5.47. The van der Waals surface area contributed by atoms with Crippen LogP contribution in [0, 0.1) is 0 Å². The van der Waals surface area contributed by atoms with Gasteiger partial charge < -0.3 is 15.0 Å². The maximum atomic E-state index is 11.4. The lowest BCUT2D eigenvalue weighted by atomic mass is 10.3. The normalized spacial score (nSPS) is 12.0. The summed E-state index contributed by atoms with van der Waals surface area (Å²) in [5.74, 6) is 1.74. The van der Waals surface area contributed by atoms with Crippen molar-refractivity contribution < 1.29 is 13.2 Å². The molecule has 8 heteroatoms. The van der Waals surface area contributed by atoms with E-state index in [2.05, 4.69) is 15.0 Å². The van der Waals surface area contributed by atoms with Crippen molar-refractivity contribution >= 4 is 16.0 Å². The molecule has 0 aliphatic heterocycles. The predicted octanol–water partition coefficient (Wildman–Crippen LogP) is 1.29. The van der Waals surface area contributed by atoms with Crippen LogP contribution in [-0.4, -0.2) is 64.9 Å². The van der Waals surface area contributed by atoms with Gasteiger partial charge in [-0.15, -0.1) is 0 Å². The molecule has 0 fully saturated rings. The van der Waals surface area contributed by atoms with Crippen molar-refractivity contribution in [1.82, 2.24) is 14.9 Å². The maximum absolute atomic E-state index is 11.4. The molecule has 0 spiro atoms. The van der Waals surface area contributed by atoms with Gasteiger partial charge in [0.1, 0.15) is 12.4 Å². The lowest BCUT2D eigenvalue weighted by Gasteiger charge is -2.22. The van der Waals surface area contributed by atoms with Crippen LogP contribution < -0.4 is 14.8 Å². The first-order valence-corrected chi connectivity index (χ1v) is 10.3. The average Bonchev–Trinajstić information content (AvgIpc) is 2.61. The number of para-hydroxylation sites is 1. The Balaban J connectivity index is 2.37. The Morgan fingerprint density at radius 1 is 1.24 bits per heavy atom. The van der Waals surface area contributed by atoms with E-state index in [4.69, 9.17) is 4.74 Å². The van der Waals surface area contributed by atoms with Crippen molar-refractivity contribution in [3.63, 3.8) is 0 Å². The monoisotopic (exact) mass is 370 g/mol. The van der Waals surface area contributed by atoms with Crippen LogP contribution in [0.1, 0.15) is 20.3 Å². The summed E-state index contributed by atoms with van der Waals surface area (Å²) >= 11 is 0. The first-order chi connectivity index (χ1) is 12.0. The summed E-state index contributed by atoms with van der Waals surface area (Å²) in [6, 6.07) is 9.69. The summed E-state index contributed by atoms with van der Waals surface area (Å²) in [4.78, 5) is 6.53. The molecule has 0 unspecified atom stereocenters. The van der Waals surface area contributed by atoms with E-state index in [1.165, 1.54) is 0 Å².